The lowest BCUT2D eigenvalue weighted by molar-refractivity contribution is 0.0935. The second-order valence-corrected chi connectivity index (χ2v) is 10.6. The number of sulfonamides is 1. The molecule has 1 N–H and O–H groups in total. The highest BCUT2D eigenvalue weighted by Crippen LogP contribution is 2.28. The van der Waals surface area contributed by atoms with E-state index >= 15 is 0 Å². The van der Waals surface area contributed by atoms with Crippen molar-refractivity contribution in [1.29, 1.82) is 0 Å². The van der Waals surface area contributed by atoms with Crippen molar-refractivity contribution in [1.82, 2.24) is 5.32 Å². The molecular formula is C25H26Cl2N2O4S. The molecule has 1 unspecified atom stereocenters. The van der Waals surface area contributed by atoms with Gasteiger partial charge in [0.05, 0.1) is 31.6 Å². The van der Waals surface area contributed by atoms with Gasteiger partial charge in [0.2, 0.25) is 10.0 Å². The third-order valence-electron chi connectivity index (χ3n) is 5.31. The van der Waals surface area contributed by atoms with Gasteiger partial charge in [0.15, 0.2) is 0 Å². The maximum absolute atomic E-state index is 12.8. The molecule has 0 saturated carbocycles. The Balaban J connectivity index is 1.75. The summed E-state index contributed by atoms with van der Waals surface area (Å²) < 4.78 is 31.3. The molecule has 0 saturated heterocycles. The van der Waals surface area contributed by atoms with Gasteiger partial charge in [0.25, 0.3) is 5.91 Å². The summed E-state index contributed by atoms with van der Waals surface area (Å²) in [5, 5.41) is 3.72. The molecule has 0 aliphatic heterocycles. The number of hydrogen-bond donors (Lipinski definition) is 1. The van der Waals surface area contributed by atoms with E-state index in [1.165, 1.54) is 10.4 Å². The fraction of sp³-hybridized carbons (Fsp3) is 0.240. The molecule has 34 heavy (non-hydrogen) atoms. The summed E-state index contributed by atoms with van der Waals surface area (Å²) in [4.78, 5) is 12.8. The summed E-state index contributed by atoms with van der Waals surface area (Å²) in [6.45, 7) is 2.07. The predicted octanol–water partition coefficient (Wildman–Crippen LogP) is 5.85. The van der Waals surface area contributed by atoms with Crippen LogP contribution in [0.1, 0.15) is 40.9 Å². The maximum atomic E-state index is 12.8. The predicted molar refractivity (Wildman–Crippen MR) is 137 cm³/mol. The molecule has 0 aliphatic carbocycles. The minimum absolute atomic E-state index is 0.0703. The first-order valence-corrected chi connectivity index (χ1v) is 13.2. The lowest BCUT2D eigenvalue weighted by atomic mass is 10.0. The Hall–Kier alpha value is -2.74. The van der Waals surface area contributed by atoms with E-state index in [9.17, 15) is 13.2 Å². The van der Waals surface area contributed by atoms with Crippen molar-refractivity contribution in [2.75, 3.05) is 17.7 Å². The number of halogens is 2. The molecule has 3 aromatic rings. The molecule has 6 nitrogen and oxygen atoms in total. The van der Waals surface area contributed by atoms with E-state index in [2.05, 4.69) is 5.32 Å². The molecule has 3 rings (SSSR count). The number of anilines is 1. The third kappa shape index (κ3) is 6.65. The number of ether oxygens (including phenoxy) is 1. The first-order valence-electron chi connectivity index (χ1n) is 10.6. The number of benzene rings is 3. The Labute approximate surface area is 210 Å². The molecule has 1 atom stereocenters. The van der Waals surface area contributed by atoms with Gasteiger partial charge in [-0.2, -0.15) is 0 Å². The van der Waals surface area contributed by atoms with E-state index < -0.39 is 10.0 Å². The molecule has 3 aromatic carbocycles. The van der Waals surface area contributed by atoms with Crippen LogP contribution in [0.25, 0.3) is 0 Å². The number of nitrogens with zero attached hydrogens (tertiary/aromatic N) is 1. The summed E-state index contributed by atoms with van der Waals surface area (Å²) in [5.74, 6) is 0.541. The van der Waals surface area contributed by atoms with Crippen molar-refractivity contribution in [3.05, 3.63) is 93.5 Å². The summed E-state index contributed by atoms with van der Waals surface area (Å²) >= 11 is 12.1. The topological polar surface area (TPSA) is 75.7 Å². The second-order valence-electron chi connectivity index (χ2n) is 7.80. The van der Waals surface area contributed by atoms with Crippen molar-refractivity contribution in [2.45, 2.75) is 25.9 Å². The van der Waals surface area contributed by atoms with Crippen LogP contribution >= 0.6 is 23.2 Å². The lowest BCUT2D eigenvalue weighted by Crippen LogP contribution is -2.29. The van der Waals surface area contributed by atoms with E-state index in [0.717, 1.165) is 24.0 Å². The zero-order valence-corrected chi connectivity index (χ0v) is 21.4. The molecule has 9 heteroatoms. The van der Waals surface area contributed by atoms with Crippen LogP contribution in [0.3, 0.4) is 0 Å². The Morgan fingerprint density at radius 3 is 2.09 bits per heavy atom. The normalized spacial score (nSPS) is 12.1. The van der Waals surface area contributed by atoms with Crippen molar-refractivity contribution >= 4 is 44.8 Å². The van der Waals surface area contributed by atoms with E-state index in [1.807, 2.05) is 31.2 Å². The fourth-order valence-corrected chi connectivity index (χ4v) is 4.90. The van der Waals surface area contributed by atoms with Crippen molar-refractivity contribution in [3.8, 4) is 5.75 Å². The van der Waals surface area contributed by atoms with E-state index in [-0.39, 0.29) is 18.5 Å². The molecule has 0 spiro atoms. The molecule has 1 amide bonds. The van der Waals surface area contributed by atoms with Crippen LogP contribution in [0.15, 0.2) is 66.7 Å². The van der Waals surface area contributed by atoms with Gasteiger partial charge in [-0.25, -0.2) is 8.42 Å². The average molecular weight is 521 g/mol. The van der Waals surface area contributed by atoms with Crippen LogP contribution in [-0.2, 0) is 16.6 Å². The first-order chi connectivity index (χ1) is 16.1. The number of nitrogens with one attached hydrogen (secondary N) is 1. The lowest BCUT2D eigenvalue weighted by Gasteiger charge is -2.23. The molecule has 0 aliphatic rings. The third-order valence-corrected chi connectivity index (χ3v) is 6.89. The highest BCUT2D eigenvalue weighted by molar-refractivity contribution is 7.92. The Morgan fingerprint density at radius 2 is 1.59 bits per heavy atom. The van der Waals surface area contributed by atoms with Crippen molar-refractivity contribution in [2.24, 2.45) is 0 Å². The molecule has 0 bridgehead atoms. The zero-order valence-electron chi connectivity index (χ0n) is 19.1. The number of methoxy groups -OCH3 is 1. The highest BCUT2D eigenvalue weighted by Gasteiger charge is 2.20. The summed E-state index contributed by atoms with van der Waals surface area (Å²) in [6.07, 6.45) is 1.84. The zero-order chi connectivity index (χ0) is 24.9. The Kier molecular flexibility index (Phi) is 8.47. The molecule has 0 heterocycles. The monoisotopic (exact) mass is 520 g/mol. The van der Waals surface area contributed by atoms with Gasteiger partial charge in [0, 0.05) is 15.6 Å². The van der Waals surface area contributed by atoms with Crippen LogP contribution in [0.5, 0.6) is 5.75 Å². The van der Waals surface area contributed by atoms with Gasteiger partial charge in [-0.1, -0.05) is 54.4 Å². The van der Waals surface area contributed by atoms with Gasteiger partial charge >= 0.3 is 0 Å². The number of rotatable bonds is 9. The fourth-order valence-electron chi connectivity index (χ4n) is 3.51. The smallest absolute Gasteiger partial charge is 0.251 e. The van der Waals surface area contributed by atoms with Crippen LogP contribution in [0.4, 0.5) is 5.69 Å². The number of amides is 1. The van der Waals surface area contributed by atoms with Gasteiger partial charge < -0.3 is 10.1 Å². The minimum Gasteiger partial charge on any atom is -0.497 e. The van der Waals surface area contributed by atoms with Crippen LogP contribution < -0.4 is 14.4 Å². The largest absolute Gasteiger partial charge is 0.497 e. The quantitative estimate of drug-likeness (QED) is 0.383. The Morgan fingerprint density at radius 1 is 1.00 bits per heavy atom. The minimum atomic E-state index is -3.60. The highest BCUT2D eigenvalue weighted by atomic mass is 35.5. The molecule has 0 aromatic heterocycles. The van der Waals surface area contributed by atoms with E-state index in [0.29, 0.717) is 26.9 Å². The first kappa shape index (κ1) is 25.9. The Bertz CT molecular complexity index is 1230. The number of carbonyl (C=O) groups excluding carboxylic acids is 1. The van der Waals surface area contributed by atoms with Gasteiger partial charge in [0.1, 0.15) is 5.75 Å². The molecular weight excluding hydrogens is 495 g/mol. The van der Waals surface area contributed by atoms with Gasteiger partial charge in [-0.3, -0.25) is 9.10 Å². The molecule has 180 valence electrons. The standard InChI is InChI=1S/C25H26Cl2N2O4S/c1-4-24(18-9-11-23(33-2)12-10-18)28-25(30)19-7-5-17(6-8-19)16-29(34(3,31)32)22-14-20(26)13-21(27)15-22/h5-15,24H,4,16H2,1-3H3,(H,28,30). The van der Waals surface area contributed by atoms with Crippen LogP contribution in [-0.4, -0.2) is 27.7 Å². The SMILES string of the molecule is CCC(NC(=O)c1ccc(CN(c2cc(Cl)cc(Cl)c2)S(C)(=O)=O)cc1)c1ccc(OC)cc1. The number of hydrogen-bond acceptors (Lipinski definition) is 4. The van der Waals surface area contributed by atoms with Gasteiger partial charge in [-0.15, -0.1) is 0 Å². The number of carbonyl (C=O) groups is 1. The molecule has 0 radical (unpaired) electrons. The van der Waals surface area contributed by atoms with Crippen molar-refractivity contribution < 1.29 is 17.9 Å². The van der Waals surface area contributed by atoms with Crippen LogP contribution in [0.2, 0.25) is 10.0 Å². The summed E-state index contributed by atoms with van der Waals surface area (Å²) in [5.41, 5.74) is 2.54. The second kappa shape index (κ2) is 11.1. The summed E-state index contributed by atoms with van der Waals surface area (Å²) in [6, 6.07) is 18.9. The van der Waals surface area contributed by atoms with E-state index in [1.54, 1.807) is 43.5 Å². The van der Waals surface area contributed by atoms with E-state index in [4.69, 9.17) is 27.9 Å². The summed E-state index contributed by atoms with van der Waals surface area (Å²) in [7, 11) is -2.00. The van der Waals surface area contributed by atoms with Crippen molar-refractivity contribution in [3.63, 3.8) is 0 Å². The average Bonchev–Trinajstić information content (AvgIpc) is 2.80. The van der Waals surface area contributed by atoms with Gasteiger partial charge in [-0.05, 0) is 60.0 Å². The maximum Gasteiger partial charge on any atom is 0.251 e. The molecule has 0 fully saturated rings. The van der Waals surface area contributed by atoms with Crippen LogP contribution in [0, 0.1) is 0 Å².